The van der Waals surface area contributed by atoms with Gasteiger partial charge in [0.2, 0.25) is 6.43 Å². The van der Waals surface area contributed by atoms with Crippen molar-refractivity contribution in [3.63, 3.8) is 0 Å². The largest absolute Gasteiger partial charge is 0.508 e. The summed E-state index contributed by atoms with van der Waals surface area (Å²) in [5, 5.41) is 9.05. The first-order chi connectivity index (χ1) is 6.09. The molecule has 0 unspecified atom stereocenters. The molecule has 3 N–H and O–H groups in total. The van der Waals surface area contributed by atoms with E-state index in [0.717, 1.165) is 0 Å². The van der Waals surface area contributed by atoms with Gasteiger partial charge in [-0.3, -0.25) is 0 Å². The van der Waals surface area contributed by atoms with Crippen LogP contribution in [-0.4, -0.2) is 11.5 Å². The Hall–Kier alpha value is -1.16. The van der Waals surface area contributed by atoms with Gasteiger partial charge in [0.25, 0.3) is 0 Å². The number of aromatic hydroxyl groups is 1. The molecule has 0 aliphatic rings. The van der Waals surface area contributed by atoms with Crippen LogP contribution >= 0.6 is 0 Å². The van der Waals surface area contributed by atoms with Crippen LogP contribution in [0.25, 0.3) is 0 Å². The van der Waals surface area contributed by atoms with Gasteiger partial charge in [0.1, 0.15) is 5.75 Å². The van der Waals surface area contributed by atoms with Gasteiger partial charge in [0.05, 0.1) is 0 Å². The fraction of sp³-hybridized carbons (Fsp3) is 0.333. The lowest BCUT2D eigenvalue weighted by Crippen LogP contribution is -2.13. The first-order valence-corrected chi connectivity index (χ1v) is 3.92. The molecule has 0 heterocycles. The van der Waals surface area contributed by atoms with E-state index in [1.54, 1.807) is 12.1 Å². The number of benzene rings is 1. The maximum Gasteiger partial charge on any atom is 0.240 e. The number of alkyl halides is 2. The highest BCUT2D eigenvalue weighted by Gasteiger charge is 2.12. The maximum atomic E-state index is 11.9. The predicted octanol–water partition coefficient (Wildman–Crippen LogP) is 2.05. The van der Waals surface area contributed by atoms with Crippen LogP contribution in [0.4, 0.5) is 8.78 Å². The van der Waals surface area contributed by atoms with E-state index in [4.69, 9.17) is 10.8 Å². The Bertz CT molecular complexity index is 278. The molecule has 0 aliphatic heterocycles. The van der Waals surface area contributed by atoms with E-state index in [2.05, 4.69) is 0 Å². The molecule has 0 bridgehead atoms. The van der Waals surface area contributed by atoms with Crippen molar-refractivity contribution in [3.8, 4) is 5.75 Å². The molecule has 1 rings (SSSR count). The van der Waals surface area contributed by atoms with Crippen LogP contribution in [-0.2, 0) is 0 Å². The highest BCUT2D eigenvalue weighted by atomic mass is 19.3. The van der Waals surface area contributed by atoms with E-state index < -0.39 is 12.5 Å². The van der Waals surface area contributed by atoms with Crippen LogP contribution in [0.2, 0.25) is 0 Å². The minimum Gasteiger partial charge on any atom is -0.508 e. The van der Waals surface area contributed by atoms with Crippen LogP contribution in [0.15, 0.2) is 24.3 Å². The number of phenols is 1. The summed E-state index contributed by atoms with van der Waals surface area (Å²) in [6.07, 6.45) is -2.80. The molecule has 2 nitrogen and oxygen atoms in total. The number of hydrogen-bond acceptors (Lipinski definition) is 2. The Morgan fingerprint density at radius 2 is 2.08 bits per heavy atom. The summed E-state index contributed by atoms with van der Waals surface area (Å²) in [5.41, 5.74) is 6.00. The molecule has 4 heteroatoms. The summed E-state index contributed by atoms with van der Waals surface area (Å²) >= 11 is 0. The SMILES string of the molecule is N[C@@H](CC(F)F)c1cccc(O)c1. The molecule has 0 saturated heterocycles. The van der Waals surface area contributed by atoms with Crippen molar-refractivity contribution in [2.45, 2.75) is 18.9 Å². The summed E-state index contributed by atoms with van der Waals surface area (Å²) in [7, 11) is 0. The van der Waals surface area contributed by atoms with Gasteiger partial charge in [-0.15, -0.1) is 0 Å². The minimum absolute atomic E-state index is 0.0437. The molecule has 0 amide bonds. The number of halogens is 2. The van der Waals surface area contributed by atoms with E-state index in [0.29, 0.717) is 5.56 Å². The second-order valence-corrected chi connectivity index (χ2v) is 2.83. The topological polar surface area (TPSA) is 46.2 Å². The van der Waals surface area contributed by atoms with Crippen LogP contribution in [0.1, 0.15) is 18.0 Å². The lowest BCUT2D eigenvalue weighted by atomic mass is 10.1. The molecule has 0 fully saturated rings. The highest BCUT2D eigenvalue weighted by Crippen LogP contribution is 2.21. The number of rotatable bonds is 3. The van der Waals surface area contributed by atoms with Gasteiger partial charge in [-0.1, -0.05) is 12.1 Å². The van der Waals surface area contributed by atoms with Crippen molar-refractivity contribution in [1.82, 2.24) is 0 Å². The van der Waals surface area contributed by atoms with Crippen LogP contribution in [0, 0.1) is 0 Å². The van der Waals surface area contributed by atoms with Gasteiger partial charge in [0.15, 0.2) is 0 Å². The molecular formula is C9H11F2NO. The second kappa shape index (κ2) is 4.18. The third-order valence-corrected chi connectivity index (χ3v) is 1.73. The van der Waals surface area contributed by atoms with E-state index >= 15 is 0 Å². The summed E-state index contributed by atoms with van der Waals surface area (Å²) in [5.74, 6) is 0.0437. The summed E-state index contributed by atoms with van der Waals surface area (Å²) in [6.45, 7) is 0. The molecule has 0 aliphatic carbocycles. The zero-order valence-electron chi connectivity index (χ0n) is 6.95. The maximum absolute atomic E-state index is 11.9. The van der Waals surface area contributed by atoms with Gasteiger partial charge < -0.3 is 10.8 Å². The molecule has 1 atom stereocenters. The van der Waals surface area contributed by atoms with Gasteiger partial charge in [-0.05, 0) is 17.7 Å². The average molecular weight is 187 g/mol. The third kappa shape index (κ3) is 2.99. The highest BCUT2D eigenvalue weighted by molar-refractivity contribution is 5.29. The molecule has 0 radical (unpaired) electrons. The van der Waals surface area contributed by atoms with Crippen molar-refractivity contribution in [3.05, 3.63) is 29.8 Å². The zero-order valence-corrected chi connectivity index (χ0v) is 6.95. The molecule has 1 aromatic rings. The van der Waals surface area contributed by atoms with Gasteiger partial charge in [0, 0.05) is 12.5 Å². The van der Waals surface area contributed by atoms with Crippen molar-refractivity contribution in [2.75, 3.05) is 0 Å². The number of phenolic OH excluding ortho intramolecular Hbond substituents is 1. The smallest absolute Gasteiger partial charge is 0.240 e. The van der Waals surface area contributed by atoms with Crippen LogP contribution < -0.4 is 5.73 Å². The van der Waals surface area contributed by atoms with Crippen LogP contribution in [0.5, 0.6) is 5.75 Å². The Morgan fingerprint density at radius 1 is 1.38 bits per heavy atom. The zero-order chi connectivity index (χ0) is 9.84. The Kier molecular flexibility index (Phi) is 3.19. The van der Waals surface area contributed by atoms with Gasteiger partial charge in [-0.25, -0.2) is 8.78 Å². The summed E-state index contributed by atoms with van der Waals surface area (Å²) in [4.78, 5) is 0. The first kappa shape index (κ1) is 9.92. The minimum atomic E-state index is -2.42. The molecular weight excluding hydrogens is 176 g/mol. The fourth-order valence-electron chi connectivity index (χ4n) is 1.08. The van der Waals surface area contributed by atoms with Crippen molar-refractivity contribution >= 4 is 0 Å². The Labute approximate surface area is 75.0 Å². The van der Waals surface area contributed by atoms with Crippen molar-refractivity contribution in [1.29, 1.82) is 0 Å². The predicted molar refractivity (Wildman–Crippen MR) is 45.7 cm³/mol. The normalized spacial score (nSPS) is 13.2. The standard InChI is InChI=1S/C9H11F2NO/c10-9(11)5-8(12)6-2-1-3-7(13)4-6/h1-4,8-9,13H,5,12H2/t8-/m0/s1. The monoisotopic (exact) mass is 187 g/mol. The Morgan fingerprint density at radius 3 is 2.62 bits per heavy atom. The quantitative estimate of drug-likeness (QED) is 0.760. The molecule has 0 aromatic heterocycles. The van der Waals surface area contributed by atoms with E-state index in [1.807, 2.05) is 0 Å². The van der Waals surface area contributed by atoms with Crippen LogP contribution in [0.3, 0.4) is 0 Å². The van der Waals surface area contributed by atoms with E-state index in [-0.39, 0.29) is 12.2 Å². The fourth-order valence-corrected chi connectivity index (χ4v) is 1.08. The first-order valence-electron chi connectivity index (χ1n) is 3.92. The van der Waals surface area contributed by atoms with Gasteiger partial charge in [-0.2, -0.15) is 0 Å². The number of hydrogen-bond donors (Lipinski definition) is 2. The lowest BCUT2D eigenvalue weighted by Gasteiger charge is -2.10. The number of nitrogens with two attached hydrogens (primary N) is 1. The third-order valence-electron chi connectivity index (χ3n) is 1.73. The van der Waals surface area contributed by atoms with Crippen molar-refractivity contribution in [2.24, 2.45) is 5.73 Å². The Balaban J connectivity index is 2.71. The van der Waals surface area contributed by atoms with Crippen molar-refractivity contribution < 1.29 is 13.9 Å². The average Bonchev–Trinajstić information content (AvgIpc) is 2.03. The molecule has 13 heavy (non-hydrogen) atoms. The molecule has 1 aromatic carbocycles. The molecule has 72 valence electrons. The van der Waals surface area contributed by atoms with E-state index in [9.17, 15) is 8.78 Å². The molecule has 0 saturated carbocycles. The second-order valence-electron chi connectivity index (χ2n) is 2.83. The summed E-state index contributed by atoms with van der Waals surface area (Å²) < 4.78 is 23.9. The lowest BCUT2D eigenvalue weighted by molar-refractivity contribution is 0.128. The summed E-state index contributed by atoms with van der Waals surface area (Å²) in [6, 6.07) is 5.35. The van der Waals surface area contributed by atoms with Gasteiger partial charge >= 0.3 is 0 Å². The van der Waals surface area contributed by atoms with E-state index in [1.165, 1.54) is 12.1 Å². The molecule has 0 spiro atoms.